The zero-order chi connectivity index (χ0) is 21.6. The molecule has 0 aliphatic carbocycles. The lowest BCUT2D eigenvalue weighted by Gasteiger charge is -2.17. The van der Waals surface area contributed by atoms with Gasteiger partial charge in [0.15, 0.2) is 0 Å². The first-order chi connectivity index (χ1) is 15.1. The summed E-state index contributed by atoms with van der Waals surface area (Å²) in [5, 5.41) is 14.1. The number of hydroxylamine groups is 2. The van der Waals surface area contributed by atoms with E-state index in [0.717, 1.165) is 25.3 Å². The number of para-hydroxylation sites is 1. The number of hydrogen-bond acceptors (Lipinski definition) is 8. The third kappa shape index (κ3) is 4.99. The van der Waals surface area contributed by atoms with E-state index in [1.165, 1.54) is 6.33 Å². The van der Waals surface area contributed by atoms with E-state index in [0.29, 0.717) is 29.3 Å². The minimum absolute atomic E-state index is 0.0639. The van der Waals surface area contributed by atoms with Gasteiger partial charge in [-0.1, -0.05) is 25.1 Å². The summed E-state index contributed by atoms with van der Waals surface area (Å²) >= 11 is 0. The molecule has 8 heteroatoms. The lowest BCUT2D eigenvalue weighted by molar-refractivity contribution is -0.109. The quantitative estimate of drug-likeness (QED) is 0.479. The fourth-order valence-corrected chi connectivity index (χ4v) is 3.45. The molecule has 2 heterocycles. The number of nitrogens with zero attached hydrogens (tertiary/aromatic N) is 3. The van der Waals surface area contributed by atoms with E-state index in [-0.39, 0.29) is 17.6 Å². The molecule has 1 aliphatic heterocycles. The number of benzene rings is 2. The molecule has 3 aromatic rings. The molecule has 1 unspecified atom stereocenters. The number of ether oxygens (including phenoxy) is 1. The molecule has 2 aromatic carbocycles. The zero-order valence-electron chi connectivity index (χ0n) is 17.4. The molecule has 1 saturated heterocycles. The van der Waals surface area contributed by atoms with Crippen LogP contribution in [0.1, 0.15) is 24.5 Å². The molecular formula is C23H26N6O2. The zero-order valence-corrected chi connectivity index (χ0v) is 17.4. The van der Waals surface area contributed by atoms with Crippen molar-refractivity contribution in [2.24, 2.45) is 0 Å². The number of aromatic nitrogens is 2. The van der Waals surface area contributed by atoms with E-state index in [1.807, 2.05) is 59.7 Å². The van der Waals surface area contributed by atoms with Crippen LogP contribution in [-0.4, -0.2) is 46.5 Å². The van der Waals surface area contributed by atoms with Gasteiger partial charge in [-0.15, -0.1) is 0 Å². The third-order valence-corrected chi connectivity index (χ3v) is 4.94. The standard InChI is InChI=1S/C23H26N6O2/c1-2-12-29-13-17(14-30-29)28-23-20(22(25)26-15-27-23)21(24)16-8-10-19(11-9-16)31-18-6-4-3-5-7-18/h3-11,15,17,24H,2,12-14H2,1H3,(H3,25,26,27,28). The summed E-state index contributed by atoms with van der Waals surface area (Å²) in [6.07, 6.45) is 2.43. The third-order valence-electron chi connectivity index (χ3n) is 4.94. The lowest BCUT2D eigenvalue weighted by Crippen LogP contribution is -2.29. The molecule has 0 bridgehead atoms. The number of hydrogen-bond donors (Lipinski definition) is 3. The van der Waals surface area contributed by atoms with Crippen LogP contribution in [-0.2, 0) is 4.84 Å². The molecule has 1 atom stereocenters. The molecule has 160 valence electrons. The summed E-state index contributed by atoms with van der Waals surface area (Å²) in [5.74, 6) is 2.25. The fourth-order valence-electron chi connectivity index (χ4n) is 3.45. The van der Waals surface area contributed by atoms with Crippen LogP contribution in [0.25, 0.3) is 0 Å². The predicted octanol–water partition coefficient (Wildman–Crippen LogP) is 3.70. The van der Waals surface area contributed by atoms with Crippen LogP contribution < -0.4 is 15.8 Å². The molecule has 0 saturated carbocycles. The van der Waals surface area contributed by atoms with Crippen LogP contribution in [0.2, 0.25) is 0 Å². The molecule has 0 amide bonds. The van der Waals surface area contributed by atoms with E-state index in [2.05, 4.69) is 22.2 Å². The topological polar surface area (TPSA) is 109 Å². The van der Waals surface area contributed by atoms with E-state index >= 15 is 0 Å². The van der Waals surface area contributed by atoms with Gasteiger partial charge >= 0.3 is 0 Å². The Kier molecular flexibility index (Phi) is 6.40. The Morgan fingerprint density at radius 3 is 2.65 bits per heavy atom. The highest BCUT2D eigenvalue weighted by molar-refractivity contribution is 6.16. The van der Waals surface area contributed by atoms with Crippen molar-refractivity contribution >= 4 is 17.3 Å². The number of anilines is 2. The second-order valence-corrected chi connectivity index (χ2v) is 7.32. The Labute approximate surface area is 181 Å². The van der Waals surface area contributed by atoms with Gasteiger partial charge in [-0.05, 0) is 42.8 Å². The Balaban J connectivity index is 1.50. The molecule has 1 fully saturated rings. The Morgan fingerprint density at radius 2 is 1.90 bits per heavy atom. The maximum atomic E-state index is 8.74. The predicted molar refractivity (Wildman–Crippen MR) is 121 cm³/mol. The molecule has 4 N–H and O–H groups in total. The Hall–Kier alpha value is -3.49. The number of rotatable bonds is 8. The van der Waals surface area contributed by atoms with E-state index in [9.17, 15) is 0 Å². The molecule has 8 nitrogen and oxygen atoms in total. The van der Waals surface area contributed by atoms with Gasteiger partial charge in [-0.25, -0.2) is 9.97 Å². The van der Waals surface area contributed by atoms with Crippen LogP contribution in [0, 0.1) is 5.41 Å². The minimum atomic E-state index is 0.0639. The maximum Gasteiger partial charge on any atom is 0.141 e. The van der Waals surface area contributed by atoms with Gasteiger partial charge in [0.25, 0.3) is 0 Å². The van der Waals surface area contributed by atoms with Crippen molar-refractivity contribution in [1.29, 1.82) is 5.41 Å². The molecule has 31 heavy (non-hydrogen) atoms. The van der Waals surface area contributed by atoms with E-state index in [1.54, 1.807) is 0 Å². The summed E-state index contributed by atoms with van der Waals surface area (Å²) in [4.78, 5) is 14.1. The van der Waals surface area contributed by atoms with Gasteiger partial charge in [-0.2, -0.15) is 5.06 Å². The first-order valence-electron chi connectivity index (χ1n) is 10.3. The first-order valence-corrected chi connectivity index (χ1v) is 10.3. The molecule has 0 spiro atoms. The SMILES string of the molecule is CCCN1CC(Nc2ncnc(N)c2C(=N)c2ccc(Oc3ccccc3)cc2)CO1. The molecule has 0 radical (unpaired) electrons. The Morgan fingerprint density at radius 1 is 1.16 bits per heavy atom. The van der Waals surface area contributed by atoms with Crippen LogP contribution in [0.3, 0.4) is 0 Å². The molecular weight excluding hydrogens is 392 g/mol. The summed E-state index contributed by atoms with van der Waals surface area (Å²) in [6.45, 7) is 4.28. The normalized spacial score (nSPS) is 16.2. The van der Waals surface area contributed by atoms with Crippen LogP contribution >= 0.6 is 0 Å². The molecule has 1 aromatic heterocycles. The van der Waals surface area contributed by atoms with Crippen molar-refractivity contribution in [2.45, 2.75) is 19.4 Å². The number of nitrogen functional groups attached to an aromatic ring is 1. The summed E-state index contributed by atoms with van der Waals surface area (Å²) in [6, 6.07) is 17.0. The highest BCUT2D eigenvalue weighted by Gasteiger charge is 2.25. The van der Waals surface area contributed by atoms with Gasteiger partial charge in [0.05, 0.1) is 23.9 Å². The van der Waals surface area contributed by atoms with Crippen molar-refractivity contribution in [1.82, 2.24) is 15.0 Å². The summed E-state index contributed by atoms with van der Waals surface area (Å²) in [5.41, 5.74) is 7.56. The number of nitrogens with one attached hydrogen (secondary N) is 2. The van der Waals surface area contributed by atoms with Gasteiger partial charge in [-0.3, -0.25) is 10.2 Å². The summed E-state index contributed by atoms with van der Waals surface area (Å²) < 4.78 is 5.83. The van der Waals surface area contributed by atoms with Crippen molar-refractivity contribution < 1.29 is 9.57 Å². The van der Waals surface area contributed by atoms with Crippen molar-refractivity contribution in [3.8, 4) is 11.5 Å². The number of nitrogens with two attached hydrogens (primary N) is 1. The van der Waals surface area contributed by atoms with Gasteiger partial charge in [0.1, 0.15) is 29.5 Å². The van der Waals surface area contributed by atoms with Crippen molar-refractivity contribution in [3.63, 3.8) is 0 Å². The van der Waals surface area contributed by atoms with Crippen LogP contribution in [0.15, 0.2) is 60.9 Å². The van der Waals surface area contributed by atoms with Crippen LogP contribution in [0.4, 0.5) is 11.6 Å². The minimum Gasteiger partial charge on any atom is -0.457 e. The fraction of sp³-hybridized carbons (Fsp3) is 0.261. The second-order valence-electron chi connectivity index (χ2n) is 7.32. The molecule has 1 aliphatic rings. The largest absolute Gasteiger partial charge is 0.457 e. The Bertz CT molecular complexity index is 1030. The highest BCUT2D eigenvalue weighted by atomic mass is 16.7. The average Bonchev–Trinajstić information content (AvgIpc) is 3.22. The lowest BCUT2D eigenvalue weighted by atomic mass is 10.0. The molecule has 4 rings (SSSR count). The van der Waals surface area contributed by atoms with Gasteiger partial charge in [0.2, 0.25) is 0 Å². The van der Waals surface area contributed by atoms with Crippen LogP contribution in [0.5, 0.6) is 11.5 Å². The second kappa shape index (κ2) is 9.55. The van der Waals surface area contributed by atoms with E-state index < -0.39 is 0 Å². The van der Waals surface area contributed by atoms with Crippen molar-refractivity contribution in [3.05, 3.63) is 72.1 Å². The summed E-state index contributed by atoms with van der Waals surface area (Å²) in [7, 11) is 0. The highest BCUT2D eigenvalue weighted by Crippen LogP contribution is 2.26. The average molecular weight is 419 g/mol. The van der Waals surface area contributed by atoms with E-state index in [4.69, 9.17) is 20.7 Å². The van der Waals surface area contributed by atoms with Crippen molar-refractivity contribution in [2.75, 3.05) is 30.7 Å². The smallest absolute Gasteiger partial charge is 0.141 e. The van der Waals surface area contributed by atoms with Gasteiger partial charge < -0.3 is 15.8 Å². The monoisotopic (exact) mass is 418 g/mol. The maximum absolute atomic E-state index is 8.74. The van der Waals surface area contributed by atoms with Gasteiger partial charge in [0, 0.05) is 18.7 Å². The first kappa shape index (κ1) is 20.8.